The third-order valence-electron chi connectivity index (χ3n) is 3.58. The molecule has 0 spiro atoms. The molecule has 2 N–H and O–H groups in total. The summed E-state index contributed by atoms with van der Waals surface area (Å²) in [7, 11) is -0.0893. The van der Waals surface area contributed by atoms with E-state index in [4.69, 9.17) is 4.74 Å². The predicted octanol–water partition coefficient (Wildman–Crippen LogP) is 1.92. The summed E-state index contributed by atoms with van der Waals surface area (Å²) in [6, 6.07) is 6.88. The molecule has 0 bridgehead atoms. The summed E-state index contributed by atoms with van der Waals surface area (Å²) in [6.45, 7) is 6.30. The van der Waals surface area contributed by atoms with Crippen molar-refractivity contribution in [2.75, 3.05) is 20.8 Å². The monoisotopic (exact) mass is 314 g/mol. The largest absolute Gasteiger partial charge is 0.383 e. The van der Waals surface area contributed by atoms with Crippen molar-refractivity contribution in [1.29, 1.82) is 0 Å². The van der Waals surface area contributed by atoms with E-state index >= 15 is 0 Å². The average molecular weight is 314 g/mol. The molecule has 0 heterocycles. The van der Waals surface area contributed by atoms with Crippen LogP contribution in [-0.4, -0.2) is 35.2 Å². The molecular weight excluding hydrogens is 288 g/mol. The van der Waals surface area contributed by atoms with Crippen LogP contribution in [0, 0.1) is 5.92 Å². The van der Waals surface area contributed by atoms with Crippen molar-refractivity contribution in [2.24, 2.45) is 5.92 Å². The second-order valence-corrected chi connectivity index (χ2v) is 7.22. The highest BCUT2D eigenvalue weighted by Crippen LogP contribution is 2.17. The molecule has 0 aliphatic rings. The van der Waals surface area contributed by atoms with Gasteiger partial charge in [0.15, 0.2) is 0 Å². The van der Waals surface area contributed by atoms with E-state index in [1.165, 1.54) is 0 Å². The first kappa shape index (κ1) is 18.1. The lowest BCUT2D eigenvalue weighted by Gasteiger charge is -2.21. The minimum absolute atomic E-state index is 0.156. The molecule has 1 aromatic rings. The molecule has 0 aromatic heterocycles. The quantitative estimate of drug-likeness (QED) is 0.769. The molecule has 2 unspecified atom stereocenters. The highest BCUT2D eigenvalue weighted by Gasteiger charge is 2.22. The van der Waals surface area contributed by atoms with Gasteiger partial charge in [0, 0.05) is 19.2 Å². The maximum Gasteiger partial charge on any atom is 0.240 e. The van der Waals surface area contributed by atoms with Gasteiger partial charge < -0.3 is 10.1 Å². The van der Waals surface area contributed by atoms with Gasteiger partial charge in [-0.3, -0.25) is 0 Å². The topological polar surface area (TPSA) is 67.4 Å². The molecule has 21 heavy (non-hydrogen) atoms. The Balaban J connectivity index is 2.92. The molecule has 1 aromatic carbocycles. The number of sulfonamides is 1. The van der Waals surface area contributed by atoms with Gasteiger partial charge in [0.1, 0.15) is 0 Å². The summed E-state index contributed by atoms with van der Waals surface area (Å²) in [4.78, 5) is 0.274. The van der Waals surface area contributed by atoms with Gasteiger partial charge in [0.25, 0.3) is 0 Å². The Morgan fingerprint density at radius 2 is 1.71 bits per heavy atom. The Morgan fingerprint density at radius 1 is 1.14 bits per heavy atom. The van der Waals surface area contributed by atoms with Gasteiger partial charge in [-0.2, -0.15) is 0 Å². The van der Waals surface area contributed by atoms with Gasteiger partial charge in [-0.05, 0) is 37.6 Å². The molecule has 6 heteroatoms. The normalized spacial score (nSPS) is 15.1. The number of methoxy groups -OCH3 is 1. The molecule has 0 amide bonds. The van der Waals surface area contributed by atoms with Gasteiger partial charge in [-0.25, -0.2) is 13.1 Å². The van der Waals surface area contributed by atoms with E-state index in [1.807, 2.05) is 40.0 Å². The number of rotatable bonds is 8. The lowest BCUT2D eigenvalue weighted by atomic mass is 10.1. The first-order valence-corrected chi connectivity index (χ1v) is 8.58. The maximum atomic E-state index is 12.4. The minimum Gasteiger partial charge on any atom is -0.383 e. The van der Waals surface area contributed by atoms with Crippen molar-refractivity contribution in [1.82, 2.24) is 10.0 Å². The summed E-state index contributed by atoms with van der Waals surface area (Å²) in [5.74, 6) is 0.156. The number of hydrogen-bond donors (Lipinski definition) is 2. The van der Waals surface area contributed by atoms with Crippen LogP contribution in [0.2, 0.25) is 0 Å². The zero-order valence-electron chi connectivity index (χ0n) is 13.4. The SMILES string of the molecule is CNC(C)c1ccc(S(=O)(=O)NC(COC)C(C)C)cc1. The lowest BCUT2D eigenvalue weighted by molar-refractivity contribution is 0.157. The van der Waals surface area contributed by atoms with Gasteiger partial charge in [0.05, 0.1) is 11.5 Å². The van der Waals surface area contributed by atoms with E-state index < -0.39 is 10.0 Å². The first-order chi connectivity index (χ1) is 9.81. The third-order valence-corrected chi connectivity index (χ3v) is 5.09. The molecule has 0 aliphatic heterocycles. The number of benzene rings is 1. The Morgan fingerprint density at radius 3 is 2.14 bits per heavy atom. The van der Waals surface area contributed by atoms with Crippen LogP contribution in [0.4, 0.5) is 0 Å². The van der Waals surface area contributed by atoms with Crippen molar-refractivity contribution >= 4 is 10.0 Å². The molecule has 0 saturated carbocycles. The number of hydrogen-bond acceptors (Lipinski definition) is 4. The van der Waals surface area contributed by atoms with Crippen molar-refractivity contribution < 1.29 is 13.2 Å². The fraction of sp³-hybridized carbons (Fsp3) is 0.600. The molecule has 1 rings (SSSR count). The van der Waals surface area contributed by atoms with Crippen molar-refractivity contribution in [3.8, 4) is 0 Å². The smallest absolute Gasteiger partial charge is 0.240 e. The predicted molar refractivity (Wildman–Crippen MR) is 84.7 cm³/mol. The number of ether oxygens (including phenoxy) is 1. The zero-order valence-corrected chi connectivity index (χ0v) is 14.2. The highest BCUT2D eigenvalue weighted by molar-refractivity contribution is 7.89. The molecular formula is C15H26N2O3S. The number of nitrogens with one attached hydrogen (secondary N) is 2. The van der Waals surface area contributed by atoms with Crippen LogP contribution in [0.25, 0.3) is 0 Å². The van der Waals surface area contributed by atoms with Crippen LogP contribution in [0.3, 0.4) is 0 Å². The fourth-order valence-corrected chi connectivity index (χ4v) is 3.28. The third kappa shape index (κ3) is 5.07. The second kappa shape index (κ2) is 7.89. The first-order valence-electron chi connectivity index (χ1n) is 7.10. The van der Waals surface area contributed by atoms with E-state index in [2.05, 4.69) is 10.0 Å². The Bertz CT molecular complexity index is 526. The van der Waals surface area contributed by atoms with E-state index in [9.17, 15) is 8.42 Å². The van der Waals surface area contributed by atoms with E-state index in [1.54, 1.807) is 19.2 Å². The van der Waals surface area contributed by atoms with Gasteiger partial charge in [0.2, 0.25) is 10.0 Å². The lowest BCUT2D eigenvalue weighted by Crippen LogP contribution is -2.41. The maximum absolute atomic E-state index is 12.4. The van der Waals surface area contributed by atoms with Crippen LogP contribution in [0.5, 0.6) is 0 Å². The summed E-state index contributed by atoms with van der Waals surface area (Å²) in [6.07, 6.45) is 0. The minimum atomic E-state index is -3.53. The van der Waals surface area contributed by atoms with Crippen LogP contribution in [-0.2, 0) is 14.8 Å². The Kier molecular flexibility index (Phi) is 6.80. The molecule has 0 aliphatic carbocycles. The fourth-order valence-electron chi connectivity index (χ4n) is 1.91. The van der Waals surface area contributed by atoms with Gasteiger partial charge in [-0.15, -0.1) is 0 Å². The van der Waals surface area contributed by atoms with E-state index in [-0.39, 0.29) is 22.9 Å². The Hall–Kier alpha value is -0.950. The van der Waals surface area contributed by atoms with Crippen LogP contribution in [0.1, 0.15) is 32.4 Å². The molecule has 120 valence electrons. The summed E-state index contributed by atoms with van der Waals surface area (Å²) in [5, 5.41) is 3.12. The van der Waals surface area contributed by atoms with Crippen molar-refractivity contribution in [2.45, 2.75) is 37.8 Å². The van der Waals surface area contributed by atoms with Gasteiger partial charge >= 0.3 is 0 Å². The molecule has 0 radical (unpaired) electrons. The molecule has 0 saturated heterocycles. The van der Waals surface area contributed by atoms with Gasteiger partial charge in [-0.1, -0.05) is 26.0 Å². The molecule has 5 nitrogen and oxygen atoms in total. The van der Waals surface area contributed by atoms with E-state index in [0.29, 0.717) is 6.61 Å². The average Bonchev–Trinajstić information content (AvgIpc) is 2.45. The molecule has 0 fully saturated rings. The summed E-state index contributed by atoms with van der Waals surface area (Å²) < 4.78 is 32.6. The highest BCUT2D eigenvalue weighted by atomic mass is 32.2. The van der Waals surface area contributed by atoms with Crippen LogP contribution < -0.4 is 10.0 Å². The van der Waals surface area contributed by atoms with Crippen LogP contribution in [0.15, 0.2) is 29.2 Å². The van der Waals surface area contributed by atoms with E-state index in [0.717, 1.165) is 5.56 Å². The molecule has 2 atom stereocenters. The second-order valence-electron chi connectivity index (χ2n) is 5.51. The standard InChI is InChI=1S/C15H26N2O3S/c1-11(2)15(10-20-5)17-21(18,19)14-8-6-13(7-9-14)12(3)16-4/h6-9,11-12,15-17H,10H2,1-5H3. The Labute approximate surface area is 128 Å². The summed E-state index contributed by atoms with van der Waals surface area (Å²) in [5.41, 5.74) is 1.05. The van der Waals surface area contributed by atoms with Crippen molar-refractivity contribution in [3.05, 3.63) is 29.8 Å². The van der Waals surface area contributed by atoms with Crippen molar-refractivity contribution in [3.63, 3.8) is 0 Å². The zero-order chi connectivity index (χ0) is 16.0. The van der Waals surface area contributed by atoms with Crippen LogP contribution >= 0.6 is 0 Å². The summed E-state index contributed by atoms with van der Waals surface area (Å²) >= 11 is 0.